The Morgan fingerprint density at radius 1 is 1.08 bits per heavy atom. The average Bonchev–Trinajstić information content (AvgIpc) is 2.86. The molecule has 130 valence electrons. The third kappa shape index (κ3) is 3.07. The van der Waals surface area contributed by atoms with Gasteiger partial charge >= 0.3 is 0 Å². The third-order valence-corrected chi connectivity index (χ3v) is 6.67. The van der Waals surface area contributed by atoms with Gasteiger partial charge in [-0.3, -0.25) is 4.79 Å². The molecule has 2 unspecified atom stereocenters. The smallest absolute Gasteiger partial charge is 0.221 e. The number of rotatable bonds is 3. The largest absolute Gasteiger partial charge is 0.376 e. The zero-order valence-electron chi connectivity index (χ0n) is 13.6. The van der Waals surface area contributed by atoms with Gasteiger partial charge in [-0.1, -0.05) is 42.5 Å². The summed E-state index contributed by atoms with van der Waals surface area (Å²) in [6.07, 6.45) is 0.287. The van der Waals surface area contributed by atoms with Crippen LogP contribution in [-0.4, -0.2) is 26.7 Å². The first-order valence-corrected chi connectivity index (χ1v) is 9.96. The molecule has 2 aromatic carbocycles. The van der Waals surface area contributed by atoms with E-state index in [9.17, 15) is 13.2 Å². The predicted octanol–water partition coefficient (Wildman–Crippen LogP) is 2.34. The predicted molar refractivity (Wildman–Crippen MR) is 92.8 cm³/mol. The number of benzene rings is 2. The molecule has 2 atom stereocenters. The quantitative estimate of drug-likeness (QED) is 0.915. The maximum atomic E-state index is 12.5. The summed E-state index contributed by atoms with van der Waals surface area (Å²) in [4.78, 5) is 12.9. The number of fused-ring (bicyclic) bond motifs is 2. The van der Waals surface area contributed by atoms with Crippen molar-refractivity contribution in [1.29, 1.82) is 0 Å². The van der Waals surface area contributed by atoms with E-state index in [0.717, 1.165) is 11.1 Å². The van der Waals surface area contributed by atoms with Crippen LogP contribution in [0, 0.1) is 0 Å². The Labute approximate surface area is 146 Å². The van der Waals surface area contributed by atoms with Gasteiger partial charge in [0.05, 0.1) is 29.9 Å². The van der Waals surface area contributed by atoms with Gasteiger partial charge in [0.25, 0.3) is 0 Å². The van der Waals surface area contributed by atoms with Crippen LogP contribution in [0.1, 0.15) is 35.1 Å². The second-order valence-electron chi connectivity index (χ2n) is 6.55. The molecule has 5 nitrogen and oxygen atoms in total. The molecule has 0 aliphatic carbocycles. The van der Waals surface area contributed by atoms with E-state index < -0.39 is 15.9 Å². The molecule has 0 fully saturated rings. The van der Waals surface area contributed by atoms with Crippen LogP contribution in [0.3, 0.4) is 0 Å². The molecule has 0 saturated carbocycles. The number of ether oxygens (including phenoxy) is 1. The van der Waals surface area contributed by atoms with Crippen molar-refractivity contribution in [2.75, 3.05) is 12.4 Å². The molecule has 25 heavy (non-hydrogen) atoms. The Kier molecular flexibility index (Phi) is 4.09. The van der Waals surface area contributed by atoms with E-state index in [1.807, 2.05) is 24.3 Å². The van der Waals surface area contributed by atoms with E-state index in [2.05, 4.69) is 5.32 Å². The number of hydrogen-bond donors (Lipinski definition) is 1. The fraction of sp³-hybridized carbons (Fsp3) is 0.316. The molecule has 0 radical (unpaired) electrons. The Morgan fingerprint density at radius 3 is 2.64 bits per heavy atom. The molecule has 0 saturated heterocycles. The summed E-state index contributed by atoms with van der Waals surface area (Å²) in [5.74, 6) is -0.226. The minimum absolute atomic E-state index is 0.00166. The van der Waals surface area contributed by atoms with Gasteiger partial charge in [0.15, 0.2) is 9.84 Å². The van der Waals surface area contributed by atoms with Gasteiger partial charge in [-0.15, -0.1) is 0 Å². The number of carbonyl (C=O) groups excluding carboxylic acids is 1. The number of sulfone groups is 1. The number of carbonyl (C=O) groups is 1. The Morgan fingerprint density at radius 2 is 1.80 bits per heavy atom. The molecular formula is C19H19NO4S. The van der Waals surface area contributed by atoms with Gasteiger partial charge in [-0.25, -0.2) is 8.42 Å². The molecule has 0 aromatic heterocycles. The lowest BCUT2D eigenvalue weighted by Crippen LogP contribution is -2.32. The first-order valence-electron chi connectivity index (χ1n) is 8.31. The summed E-state index contributed by atoms with van der Waals surface area (Å²) in [5.41, 5.74) is 2.93. The van der Waals surface area contributed by atoms with Gasteiger partial charge in [0.1, 0.15) is 0 Å². The lowest BCUT2D eigenvalue weighted by molar-refractivity contribution is -0.122. The number of nitrogens with one attached hydrogen (secondary N) is 1. The van der Waals surface area contributed by atoms with Crippen molar-refractivity contribution in [2.45, 2.75) is 29.9 Å². The fourth-order valence-electron chi connectivity index (χ4n) is 3.68. The summed E-state index contributed by atoms with van der Waals surface area (Å²) in [6, 6.07) is 14.4. The van der Waals surface area contributed by atoms with Crippen LogP contribution < -0.4 is 5.32 Å². The molecule has 1 amide bonds. The highest BCUT2D eigenvalue weighted by molar-refractivity contribution is 7.91. The molecule has 6 heteroatoms. The number of hydrogen-bond acceptors (Lipinski definition) is 4. The Hall–Kier alpha value is -2.18. The van der Waals surface area contributed by atoms with Crippen molar-refractivity contribution in [3.8, 4) is 0 Å². The molecule has 0 spiro atoms. The third-order valence-electron chi connectivity index (χ3n) is 4.85. The average molecular weight is 357 g/mol. The van der Waals surface area contributed by atoms with E-state index in [1.54, 1.807) is 24.3 Å². The highest BCUT2D eigenvalue weighted by Crippen LogP contribution is 2.34. The van der Waals surface area contributed by atoms with Crippen LogP contribution in [0.15, 0.2) is 53.4 Å². The number of amides is 1. The van der Waals surface area contributed by atoms with Gasteiger partial charge in [0, 0.05) is 12.3 Å². The van der Waals surface area contributed by atoms with Crippen LogP contribution in [0.25, 0.3) is 0 Å². The van der Waals surface area contributed by atoms with Crippen molar-refractivity contribution < 1.29 is 17.9 Å². The van der Waals surface area contributed by atoms with Crippen molar-refractivity contribution in [1.82, 2.24) is 5.32 Å². The van der Waals surface area contributed by atoms with Crippen LogP contribution in [0.5, 0.6) is 0 Å². The zero-order valence-corrected chi connectivity index (χ0v) is 14.5. The topological polar surface area (TPSA) is 72.5 Å². The van der Waals surface area contributed by atoms with Crippen molar-refractivity contribution in [3.05, 3.63) is 65.2 Å². The second-order valence-corrected chi connectivity index (χ2v) is 8.56. The molecule has 2 heterocycles. The van der Waals surface area contributed by atoms with Gasteiger partial charge in [-0.2, -0.15) is 0 Å². The molecule has 1 N–H and O–H groups in total. The summed E-state index contributed by atoms with van der Waals surface area (Å²) in [7, 11) is -3.32. The first-order chi connectivity index (χ1) is 12.0. The van der Waals surface area contributed by atoms with Crippen LogP contribution in [0.4, 0.5) is 0 Å². The fourth-order valence-corrected chi connectivity index (χ4v) is 5.42. The van der Waals surface area contributed by atoms with E-state index in [4.69, 9.17) is 4.74 Å². The SMILES string of the molecule is O=C(CC1COCc2ccccc21)NC1CS(=O)(=O)c2ccccc21. The molecule has 2 aliphatic rings. The molecular weight excluding hydrogens is 338 g/mol. The maximum absolute atomic E-state index is 12.5. The normalized spacial score (nSPS) is 23.5. The molecule has 2 aliphatic heterocycles. The van der Waals surface area contributed by atoms with Crippen molar-refractivity contribution in [3.63, 3.8) is 0 Å². The lowest BCUT2D eigenvalue weighted by Gasteiger charge is -2.25. The van der Waals surface area contributed by atoms with E-state index in [-0.39, 0.29) is 24.0 Å². The standard InChI is InChI=1S/C19H19NO4S/c21-19(9-14-11-24-10-13-5-1-2-6-15(13)14)20-17-12-25(22,23)18-8-4-3-7-16(17)18/h1-8,14,17H,9-12H2,(H,20,21). The summed E-state index contributed by atoms with van der Waals surface area (Å²) >= 11 is 0. The van der Waals surface area contributed by atoms with Crippen molar-refractivity contribution >= 4 is 15.7 Å². The second kappa shape index (κ2) is 6.28. The van der Waals surface area contributed by atoms with Crippen LogP contribution >= 0.6 is 0 Å². The molecule has 0 bridgehead atoms. The van der Waals surface area contributed by atoms with Crippen LogP contribution in [0.2, 0.25) is 0 Å². The van der Waals surface area contributed by atoms with Gasteiger partial charge < -0.3 is 10.1 Å². The molecule has 2 aromatic rings. The maximum Gasteiger partial charge on any atom is 0.221 e. The minimum Gasteiger partial charge on any atom is -0.376 e. The Balaban J connectivity index is 1.50. The van der Waals surface area contributed by atoms with Crippen molar-refractivity contribution in [2.24, 2.45) is 0 Å². The van der Waals surface area contributed by atoms with Gasteiger partial charge in [-0.05, 0) is 22.8 Å². The van der Waals surface area contributed by atoms with Crippen LogP contribution in [-0.2, 0) is 26.0 Å². The summed E-state index contributed by atoms with van der Waals surface area (Å²) in [5, 5.41) is 2.90. The van der Waals surface area contributed by atoms with E-state index in [1.165, 1.54) is 0 Å². The zero-order chi connectivity index (χ0) is 17.4. The lowest BCUT2D eigenvalue weighted by atomic mass is 9.90. The van der Waals surface area contributed by atoms with E-state index in [0.29, 0.717) is 23.7 Å². The monoisotopic (exact) mass is 357 g/mol. The highest BCUT2D eigenvalue weighted by atomic mass is 32.2. The van der Waals surface area contributed by atoms with Gasteiger partial charge in [0.2, 0.25) is 5.91 Å². The first kappa shape index (κ1) is 16.3. The van der Waals surface area contributed by atoms with E-state index >= 15 is 0 Å². The highest BCUT2D eigenvalue weighted by Gasteiger charge is 2.35. The minimum atomic E-state index is -3.32. The summed E-state index contributed by atoms with van der Waals surface area (Å²) in [6.45, 7) is 1.08. The molecule has 4 rings (SSSR count). The Bertz CT molecular complexity index is 923. The summed E-state index contributed by atoms with van der Waals surface area (Å²) < 4.78 is 30.0.